The predicted molar refractivity (Wildman–Crippen MR) is 202 cm³/mol. The van der Waals surface area contributed by atoms with Gasteiger partial charge in [0.15, 0.2) is 0 Å². The van der Waals surface area contributed by atoms with Crippen LogP contribution in [0.1, 0.15) is 115 Å². The molecule has 0 heterocycles. The van der Waals surface area contributed by atoms with E-state index in [1.807, 2.05) is 0 Å². The molecule has 0 fully saturated rings. The Bertz CT molecular complexity index is 1850. The maximum Gasteiger partial charge on any atom is -1.00 e. The Morgan fingerprint density at radius 2 is 1.20 bits per heavy atom. The largest absolute Gasteiger partial charge is 1.00 e. The van der Waals surface area contributed by atoms with Gasteiger partial charge in [0.05, 0.1) is 0 Å². The van der Waals surface area contributed by atoms with E-state index in [0.717, 1.165) is 6.42 Å². The van der Waals surface area contributed by atoms with Crippen molar-refractivity contribution in [1.82, 2.24) is 0 Å². The molecule has 0 aromatic heterocycles. The van der Waals surface area contributed by atoms with Gasteiger partial charge in [-0.3, -0.25) is 0 Å². The minimum atomic E-state index is -2.90. The van der Waals surface area contributed by atoms with E-state index in [0.29, 0.717) is 5.92 Å². The average molecular weight is 769 g/mol. The van der Waals surface area contributed by atoms with Crippen molar-refractivity contribution in [2.75, 3.05) is 0 Å². The summed E-state index contributed by atoms with van der Waals surface area (Å²) in [6.07, 6.45) is 8.78. The van der Waals surface area contributed by atoms with E-state index in [2.05, 4.69) is 172 Å². The summed E-state index contributed by atoms with van der Waals surface area (Å²) in [5.74, 6) is 0.497. The SMILES string of the molecule is CCCC1C=C(C(C)(C)C)C=[C]1[Zr+2](=[C](c1ccccc1)c1ccccc1)[c]1cc(C(C)(C)C)cc2c1Cc1ccc(C(C)(C)C)cc1-2.[Cl-].[Cl-]. The molecular formula is C46H54Cl2Zr. The van der Waals surface area contributed by atoms with Gasteiger partial charge in [0.25, 0.3) is 0 Å². The molecule has 0 spiro atoms. The van der Waals surface area contributed by atoms with Crippen LogP contribution in [0.25, 0.3) is 11.1 Å². The van der Waals surface area contributed by atoms with E-state index >= 15 is 0 Å². The molecule has 4 aromatic rings. The van der Waals surface area contributed by atoms with E-state index in [4.69, 9.17) is 0 Å². The first kappa shape index (κ1) is 39.5. The molecule has 2 aliphatic carbocycles. The number of hydrogen-bond acceptors (Lipinski definition) is 0. The van der Waals surface area contributed by atoms with Crippen molar-refractivity contribution in [2.45, 2.75) is 99.3 Å². The zero-order chi connectivity index (χ0) is 33.7. The van der Waals surface area contributed by atoms with Crippen LogP contribution in [0.15, 0.2) is 112 Å². The molecule has 0 nitrogen and oxygen atoms in total. The Labute approximate surface area is 317 Å². The van der Waals surface area contributed by atoms with Crippen LogP contribution in [0.5, 0.6) is 0 Å². The van der Waals surface area contributed by atoms with Crippen LogP contribution in [-0.2, 0) is 38.5 Å². The zero-order valence-corrected chi connectivity index (χ0v) is 35.2. The Morgan fingerprint density at radius 1 is 0.653 bits per heavy atom. The summed E-state index contributed by atoms with van der Waals surface area (Å²) in [7, 11) is 0. The Morgan fingerprint density at radius 3 is 1.71 bits per heavy atom. The first-order chi connectivity index (χ1) is 22.2. The standard InChI is InChI=1S/C21H25.C13H10.C12H19.2ClH.Zr/c1-20(2,3)16-9-7-14-11-15-8-10-17(21(4,5)6)13-19(15)18(14)12-16;1-3-7-12(8-4-1)11-13-9-5-2-6-10-13;1-5-6-10-7-8-11(9-10)12(2,3)4;;;/h7,9-10,12-13H,11H2,1-6H3;1-10H;8-10H,5-6H2,1-4H3;2*1H;/q;;;;;+2/p-2. The van der Waals surface area contributed by atoms with Crippen LogP contribution in [0, 0.1) is 11.3 Å². The molecule has 4 aromatic carbocycles. The second-order valence-electron chi connectivity index (χ2n) is 16.9. The smallest absolute Gasteiger partial charge is 1.00 e. The first-order valence-corrected chi connectivity index (χ1v) is 21.5. The fraction of sp³-hybridized carbons (Fsp3) is 0.370. The topological polar surface area (TPSA) is 0 Å². The minimum Gasteiger partial charge on any atom is -1.00 e. The second-order valence-corrected chi connectivity index (χ2v) is 22.8. The second kappa shape index (κ2) is 15.1. The maximum atomic E-state index is 2.69. The molecule has 256 valence electrons. The Kier molecular flexibility index (Phi) is 12.2. The predicted octanol–water partition coefficient (Wildman–Crippen LogP) is 5.66. The molecule has 0 amide bonds. The van der Waals surface area contributed by atoms with Gasteiger partial charge in [-0.2, -0.15) is 0 Å². The van der Waals surface area contributed by atoms with Crippen molar-refractivity contribution in [1.29, 1.82) is 0 Å². The van der Waals surface area contributed by atoms with Crippen LogP contribution < -0.4 is 28.1 Å². The quantitative estimate of drug-likeness (QED) is 0.210. The van der Waals surface area contributed by atoms with E-state index in [1.165, 1.54) is 57.4 Å². The molecule has 1 atom stereocenters. The molecule has 0 aliphatic heterocycles. The molecule has 0 saturated heterocycles. The Balaban J connectivity index is 0.00000270. The molecule has 0 radical (unpaired) electrons. The molecular weight excluding hydrogens is 715 g/mol. The fourth-order valence-electron chi connectivity index (χ4n) is 7.40. The number of benzene rings is 4. The van der Waals surface area contributed by atoms with Crippen molar-refractivity contribution in [2.24, 2.45) is 11.3 Å². The summed E-state index contributed by atoms with van der Waals surface area (Å²) < 4.78 is 5.05. The number of rotatable bonds is 6. The van der Waals surface area contributed by atoms with Gasteiger partial charge in [0.2, 0.25) is 0 Å². The van der Waals surface area contributed by atoms with Gasteiger partial charge in [-0.05, 0) is 0 Å². The summed E-state index contributed by atoms with van der Waals surface area (Å²) in [5.41, 5.74) is 13.5. The summed E-state index contributed by atoms with van der Waals surface area (Å²) in [6.45, 7) is 23.8. The van der Waals surface area contributed by atoms with Crippen molar-refractivity contribution >= 4 is 6.48 Å². The fourth-order valence-corrected chi connectivity index (χ4v) is 16.0. The van der Waals surface area contributed by atoms with Gasteiger partial charge < -0.3 is 24.8 Å². The monoisotopic (exact) mass is 766 g/mol. The van der Waals surface area contributed by atoms with E-state index in [9.17, 15) is 0 Å². The van der Waals surface area contributed by atoms with E-state index in [-0.39, 0.29) is 41.1 Å². The number of allylic oxidation sites excluding steroid dienone is 4. The average Bonchev–Trinajstić information content (AvgIpc) is 3.61. The molecule has 6 rings (SSSR count). The van der Waals surface area contributed by atoms with Crippen LogP contribution >= 0.6 is 0 Å². The van der Waals surface area contributed by atoms with Gasteiger partial charge >= 0.3 is 295 Å². The first-order valence-electron chi connectivity index (χ1n) is 17.8. The molecule has 1 unspecified atom stereocenters. The molecule has 0 saturated carbocycles. The van der Waals surface area contributed by atoms with Gasteiger partial charge in [-0.15, -0.1) is 0 Å². The van der Waals surface area contributed by atoms with Crippen LogP contribution in [-0.4, -0.2) is 3.21 Å². The van der Waals surface area contributed by atoms with Crippen LogP contribution in [0.3, 0.4) is 0 Å². The van der Waals surface area contributed by atoms with Gasteiger partial charge in [0, 0.05) is 0 Å². The summed E-state index contributed by atoms with van der Waals surface area (Å²) >= 11 is -2.90. The minimum absolute atomic E-state index is 0. The number of hydrogen-bond donors (Lipinski definition) is 0. The third-order valence-corrected chi connectivity index (χ3v) is 18.0. The van der Waals surface area contributed by atoms with Crippen molar-refractivity contribution in [3.63, 3.8) is 0 Å². The Hall–Kier alpha value is -2.31. The van der Waals surface area contributed by atoms with Crippen molar-refractivity contribution < 1.29 is 46.1 Å². The number of fused-ring (bicyclic) bond motifs is 3. The van der Waals surface area contributed by atoms with E-state index in [1.54, 1.807) is 15.3 Å². The number of halogens is 2. The van der Waals surface area contributed by atoms with Gasteiger partial charge in [-0.1, -0.05) is 0 Å². The van der Waals surface area contributed by atoms with E-state index < -0.39 is 21.3 Å². The third-order valence-electron chi connectivity index (χ3n) is 10.2. The summed E-state index contributed by atoms with van der Waals surface area (Å²) in [6, 6.07) is 35.4. The summed E-state index contributed by atoms with van der Waals surface area (Å²) in [5, 5.41) is 0. The normalized spacial score (nSPS) is 15.2. The van der Waals surface area contributed by atoms with Crippen LogP contribution in [0.4, 0.5) is 0 Å². The molecule has 3 heteroatoms. The maximum absolute atomic E-state index is 2.90. The van der Waals surface area contributed by atoms with Crippen molar-refractivity contribution in [3.8, 4) is 11.1 Å². The summed E-state index contributed by atoms with van der Waals surface area (Å²) in [4.78, 5) is 0. The van der Waals surface area contributed by atoms with Crippen molar-refractivity contribution in [3.05, 3.63) is 145 Å². The molecule has 0 N–H and O–H groups in total. The van der Waals surface area contributed by atoms with Gasteiger partial charge in [0.1, 0.15) is 0 Å². The molecule has 2 aliphatic rings. The molecule has 49 heavy (non-hydrogen) atoms. The van der Waals surface area contributed by atoms with Crippen LogP contribution in [0.2, 0.25) is 0 Å². The third kappa shape index (κ3) is 8.11. The van der Waals surface area contributed by atoms with Gasteiger partial charge in [-0.25, -0.2) is 0 Å². The molecule has 0 bridgehead atoms. The zero-order valence-electron chi connectivity index (χ0n) is 31.3.